The zero-order chi connectivity index (χ0) is 12.8. The average molecular weight is 253 g/mol. The molecule has 1 fully saturated rings. The maximum Gasteiger partial charge on any atom is 0.137 e. The van der Waals surface area contributed by atoms with Crippen LogP contribution >= 0.6 is 0 Å². The van der Waals surface area contributed by atoms with E-state index in [9.17, 15) is 0 Å². The van der Waals surface area contributed by atoms with Gasteiger partial charge in [-0.2, -0.15) is 0 Å². The van der Waals surface area contributed by atoms with Crippen LogP contribution in [0.15, 0.2) is 41.0 Å². The molecule has 0 saturated carbocycles. The Bertz CT molecular complexity index is 640. The van der Waals surface area contributed by atoms with Gasteiger partial charge >= 0.3 is 0 Å². The van der Waals surface area contributed by atoms with Crippen LogP contribution in [-0.4, -0.2) is 24.0 Å². The molecule has 0 amide bonds. The summed E-state index contributed by atoms with van der Waals surface area (Å²) in [5, 5.41) is 2.47. The minimum Gasteiger partial charge on any atom is -0.463 e. The molecule has 98 valence electrons. The van der Waals surface area contributed by atoms with Crippen molar-refractivity contribution in [3.8, 4) is 0 Å². The number of furan rings is 1. The quantitative estimate of drug-likeness (QED) is 0.761. The lowest BCUT2D eigenvalue weighted by Gasteiger charge is -2.42. The first-order valence-electron chi connectivity index (χ1n) is 7.22. The van der Waals surface area contributed by atoms with E-state index in [4.69, 9.17) is 4.42 Å². The Morgan fingerprint density at radius 2 is 2.11 bits per heavy atom. The van der Waals surface area contributed by atoms with Crippen LogP contribution in [0.3, 0.4) is 0 Å². The molecule has 0 N–H and O–H groups in total. The zero-order valence-corrected chi connectivity index (χ0v) is 11.3. The Morgan fingerprint density at radius 3 is 3.00 bits per heavy atom. The molecule has 2 aliphatic heterocycles. The lowest BCUT2D eigenvalue weighted by Crippen LogP contribution is -2.45. The van der Waals surface area contributed by atoms with Crippen LogP contribution in [0.25, 0.3) is 16.3 Å². The van der Waals surface area contributed by atoms with E-state index < -0.39 is 0 Å². The Balaban J connectivity index is 1.80. The first kappa shape index (κ1) is 11.3. The molecule has 3 heterocycles. The van der Waals surface area contributed by atoms with Crippen molar-refractivity contribution < 1.29 is 4.42 Å². The first-order chi connectivity index (χ1) is 9.33. The molecule has 0 spiro atoms. The van der Waals surface area contributed by atoms with Gasteiger partial charge in [0.2, 0.25) is 0 Å². The highest BCUT2D eigenvalue weighted by Gasteiger charge is 2.32. The van der Waals surface area contributed by atoms with E-state index in [-0.39, 0.29) is 0 Å². The molecule has 2 aliphatic rings. The number of rotatable bonds is 1. The maximum atomic E-state index is 5.87. The molecule has 1 aromatic heterocycles. The minimum atomic E-state index is 0.603. The Kier molecular flexibility index (Phi) is 2.52. The van der Waals surface area contributed by atoms with Gasteiger partial charge in [0, 0.05) is 22.9 Å². The van der Waals surface area contributed by atoms with Crippen LogP contribution in [0, 0.1) is 0 Å². The van der Waals surface area contributed by atoms with E-state index in [0.29, 0.717) is 12.1 Å². The van der Waals surface area contributed by atoms with Gasteiger partial charge < -0.3 is 4.42 Å². The largest absolute Gasteiger partial charge is 0.463 e. The molecular formula is C17H19NO. The number of hydrogen-bond acceptors (Lipinski definition) is 2. The van der Waals surface area contributed by atoms with Crippen molar-refractivity contribution in [1.82, 2.24) is 4.90 Å². The van der Waals surface area contributed by atoms with Crippen LogP contribution in [0.5, 0.6) is 0 Å². The zero-order valence-electron chi connectivity index (χ0n) is 11.3. The predicted octanol–water partition coefficient (Wildman–Crippen LogP) is 4.07. The molecule has 0 aliphatic carbocycles. The van der Waals surface area contributed by atoms with Gasteiger partial charge in [0.1, 0.15) is 5.76 Å². The molecule has 4 rings (SSSR count). The molecule has 2 bridgehead atoms. The van der Waals surface area contributed by atoms with Gasteiger partial charge in [0.05, 0.1) is 6.26 Å². The highest BCUT2D eigenvalue weighted by Crippen LogP contribution is 2.38. The Hall–Kier alpha value is -1.54. The van der Waals surface area contributed by atoms with Crippen molar-refractivity contribution in [2.24, 2.45) is 0 Å². The lowest BCUT2D eigenvalue weighted by atomic mass is 9.84. The smallest absolute Gasteiger partial charge is 0.137 e. The maximum absolute atomic E-state index is 5.87. The second kappa shape index (κ2) is 4.24. The van der Waals surface area contributed by atoms with Gasteiger partial charge in [-0.05, 0) is 31.9 Å². The van der Waals surface area contributed by atoms with Crippen molar-refractivity contribution in [1.29, 1.82) is 0 Å². The van der Waals surface area contributed by atoms with Crippen LogP contribution in [0.1, 0.15) is 31.4 Å². The van der Waals surface area contributed by atoms with E-state index in [1.165, 1.54) is 35.6 Å². The summed E-state index contributed by atoms with van der Waals surface area (Å²) < 4.78 is 5.87. The summed E-state index contributed by atoms with van der Waals surface area (Å²) in [5.74, 6) is 1.10. The number of nitrogens with zero attached hydrogens (tertiary/aromatic N) is 1. The molecular weight excluding hydrogens is 234 g/mol. The normalized spacial score (nSPS) is 27.5. The topological polar surface area (TPSA) is 16.4 Å². The van der Waals surface area contributed by atoms with Crippen LogP contribution < -0.4 is 0 Å². The fourth-order valence-corrected chi connectivity index (χ4v) is 3.65. The molecule has 2 nitrogen and oxygen atoms in total. The number of piperidine rings is 1. The van der Waals surface area contributed by atoms with Crippen molar-refractivity contribution in [3.63, 3.8) is 0 Å². The van der Waals surface area contributed by atoms with Crippen LogP contribution in [0.4, 0.5) is 0 Å². The van der Waals surface area contributed by atoms with E-state index in [2.05, 4.69) is 42.3 Å². The molecule has 2 atom stereocenters. The van der Waals surface area contributed by atoms with Crippen molar-refractivity contribution in [2.45, 2.75) is 37.8 Å². The number of fused-ring (bicyclic) bond motifs is 3. The lowest BCUT2D eigenvalue weighted by molar-refractivity contribution is 0.136. The van der Waals surface area contributed by atoms with E-state index in [1.807, 2.05) is 6.26 Å². The molecule has 2 heteroatoms. The van der Waals surface area contributed by atoms with Crippen LogP contribution in [0.2, 0.25) is 0 Å². The summed E-state index contributed by atoms with van der Waals surface area (Å²) in [5.41, 5.74) is 1.41. The molecule has 19 heavy (non-hydrogen) atoms. The Labute approximate surface area is 113 Å². The van der Waals surface area contributed by atoms with Gasteiger partial charge in [-0.1, -0.05) is 36.8 Å². The summed E-state index contributed by atoms with van der Waals surface area (Å²) in [6, 6.07) is 9.76. The minimum absolute atomic E-state index is 0.603. The average Bonchev–Trinajstić information content (AvgIpc) is 2.82. The van der Waals surface area contributed by atoms with Crippen molar-refractivity contribution >= 4 is 16.3 Å². The monoisotopic (exact) mass is 253 g/mol. The van der Waals surface area contributed by atoms with Gasteiger partial charge in [-0.15, -0.1) is 0 Å². The number of benzene rings is 1. The van der Waals surface area contributed by atoms with Crippen molar-refractivity contribution in [2.75, 3.05) is 7.05 Å². The summed E-state index contributed by atoms with van der Waals surface area (Å²) in [7, 11) is 2.27. The van der Waals surface area contributed by atoms with Crippen LogP contribution in [-0.2, 0) is 0 Å². The Morgan fingerprint density at radius 1 is 1.21 bits per heavy atom. The molecule has 2 unspecified atom stereocenters. The first-order valence-corrected chi connectivity index (χ1v) is 7.22. The second-order valence-corrected chi connectivity index (χ2v) is 5.87. The summed E-state index contributed by atoms with van der Waals surface area (Å²) >= 11 is 0. The van der Waals surface area contributed by atoms with Crippen molar-refractivity contribution in [3.05, 3.63) is 42.4 Å². The van der Waals surface area contributed by atoms with Gasteiger partial charge in [0.15, 0.2) is 0 Å². The second-order valence-electron chi connectivity index (χ2n) is 5.87. The predicted molar refractivity (Wildman–Crippen MR) is 78.0 cm³/mol. The van der Waals surface area contributed by atoms with E-state index in [0.717, 1.165) is 12.2 Å². The summed E-state index contributed by atoms with van der Waals surface area (Å²) in [6.07, 6.45) is 9.42. The fourth-order valence-electron chi connectivity index (χ4n) is 3.65. The van der Waals surface area contributed by atoms with Gasteiger partial charge in [-0.3, -0.25) is 4.90 Å². The van der Waals surface area contributed by atoms with E-state index in [1.54, 1.807) is 0 Å². The molecule has 1 saturated heterocycles. The van der Waals surface area contributed by atoms with Gasteiger partial charge in [0.25, 0.3) is 0 Å². The highest BCUT2D eigenvalue weighted by atomic mass is 16.3. The summed E-state index contributed by atoms with van der Waals surface area (Å²) in [4.78, 5) is 2.54. The highest BCUT2D eigenvalue weighted by molar-refractivity contribution is 5.92. The standard InChI is InChI=1S/C17H19NO/c1-18-14-6-4-7-15(18)10-13(9-14)17-16-8-3-2-5-12(16)11-19-17/h2-3,5,8-9,11,14-15H,4,6-7,10H2,1H3. The molecule has 0 radical (unpaired) electrons. The molecule has 2 aromatic rings. The number of likely N-dealkylation sites (N-methyl/N-ethyl adjacent to an activating group) is 1. The van der Waals surface area contributed by atoms with Gasteiger partial charge in [-0.25, -0.2) is 0 Å². The fraction of sp³-hybridized carbons (Fsp3) is 0.412. The third kappa shape index (κ3) is 1.74. The third-order valence-corrected chi connectivity index (χ3v) is 4.79. The number of hydrogen-bond donors (Lipinski definition) is 0. The summed E-state index contributed by atoms with van der Waals surface area (Å²) in [6.45, 7) is 0. The molecule has 1 aromatic carbocycles. The third-order valence-electron chi connectivity index (χ3n) is 4.79. The SMILES string of the molecule is CN1C2C=C(c3occ4ccccc34)CC1CCC2. The van der Waals surface area contributed by atoms with E-state index >= 15 is 0 Å².